The van der Waals surface area contributed by atoms with Gasteiger partial charge in [0, 0.05) is 12.8 Å². The number of carboxylic acids is 1. The third-order valence-electron chi connectivity index (χ3n) is 2.64. The van der Waals surface area contributed by atoms with Gasteiger partial charge < -0.3 is 9.84 Å². The van der Waals surface area contributed by atoms with Gasteiger partial charge in [-0.3, -0.25) is 0 Å². The summed E-state index contributed by atoms with van der Waals surface area (Å²) in [6, 6.07) is 0. The maximum atomic E-state index is 10.9. The predicted octanol–water partition coefficient (Wildman–Crippen LogP) is 1.96. The van der Waals surface area contributed by atoms with Gasteiger partial charge in [0.15, 0.2) is 11.5 Å². The van der Waals surface area contributed by atoms with Crippen molar-refractivity contribution in [1.29, 1.82) is 0 Å². The lowest BCUT2D eigenvalue weighted by atomic mass is 10.0. The molecule has 5 nitrogen and oxygen atoms in total. The van der Waals surface area contributed by atoms with Crippen LogP contribution in [0.25, 0.3) is 0 Å². The highest BCUT2D eigenvalue weighted by Gasteiger charge is 2.35. The number of aromatic nitrogens is 2. The number of nitrogens with zero attached hydrogens (tertiary/aromatic N) is 2. The van der Waals surface area contributed by atoms with Gasteiger partial charge in [-0.15, -0.1) is 0 Å². The first kappa shape index (κ1) is 11.5. The smallest absolute Gasteiger partial charge is 0.355 e. The fourth-order valence-corrected chi connectivity index (χ4v) is 2.09. The normalized spacial score (nSPS) is 24.6. The number of rotatable bonds is 2. The molecule has 1 aliphatic heterocycles. The standard InChI is InChI=1S/C10H11BrN2O3/c1-10(3-2-4-16-10)9-12-5-6(11)7(13-9)8(14)15/h5H,2-4H2,1H3,(H,14,15). The molecule has 0 amide bonds. The molecule has 1 aromatic rings. The van der Waals surface area contributed by atoms with E-state index in [9.17, 15) is 4.79 Å². The van der Waals surface area contributed by atoms with Gasteiger partial charge in [0.2, 0.25) is 0 Å². The Kier molecular flexibility index (Phi) is 2.94. The Morgan fingerprint density at radius 2 is 2.44 bits per heavy atom. The van der Waals surface area contributed by atoms with E-state index >= 15 is 0 Å². The molecule has 1 aromatic heterocycles. The molecule has 1 N–H and O–H groups in total. The molecule has 16 heavy (non-hydrogen) atoms. The number of halogens is 1. The summed E-state index contributed by atoms with van der Waals surface area (Å²) in [4.78, 5) is 19.1. The second-order valence-electron chi connectivity index (χ2n) is 3.88. The van der Waals surface area contributed by atoms with E-state index in [2.05, 4.69) is 25.9 Å². The average Bonchev–Trinajstić information content (AvgIpc) is 2.66. The van der Waals surface area contributed by atoms with E-state index in [1.54, 1.807) is 0 Å². The molecule has 86 valence electrons. The fourth-order valence-electron chi connectivity index (χ4n) is 1.73. The third kappa shape index (κ3) is 1.94. The second kappa shape index (κ2) is 4.10. The number of aromatic carboxylic acids is 1. The molecular weight excluding hydrogens is 276 g/mol. The van der Waals surface area contributed by atoms with Gasteiger partial charge >= 0.3 is 5.97 Å². The van der Waals surface area contributed by atoms with Crippen LogP contribution in [0.5, 0.6) is 0 Å². The Labute approximate surface area is 101 Å². The molecule has 1 aliphatic rings. The van der Waals surface area contributed by atoms with Gasteiger partial charge in [0.25, 0.3) is 0 Å². The number of carboxylic acid groups (broad SMARTS) is 1. The molecule has 6 heteroatoms. The summed E-state index contributed by atoms with van der Waals surface area (Å²) in [5, 5.41) is 8.96. The molecule has 0 aromatic carbocycles. The van der Waals surface area contributed by atoms with Crippen molar-refractivity contribution in [3.05, 3.63) is 22.2 Å². The summed E-state index contributed by atoms with van der Waals surface area (Å²) in [6.45, 7) is 2.55. The molecule has 1 unspecified atom stereocenters. The van der Waals surface area contributed by atoms with Crippen LogP contribution in [-0.2, 0) is 10.3 Å². The summed E-state index contributed by atoms with van der Waals surface area (Å²) >= 11 is 3.11. The van der Waals surface area contributed by atoms with Crippen LogP contribution in [0.1, 0.15) is 36.1 Å². The third-order valence-corrected chi connectivity index (χ3v) is 3.22. The van der Waals surface area contributed by atoms with Crippen molar-refractivity contribution in [1.82, 2.24) is 9.97 Å². The Morgan fingerprint density at radius 1 is 1.69 bits per heavy atom. The van der Waals surface area contributed by atoms with Crippen molar-refractivity contribution >= 4 is 21.9 Å². The van der Waals surface area contributed by atoms with Crippen molar-refractivity contribution in [2.24, 2.45) is 0 Å². The first-order valence-corrected chi connectivity index (χ1v) is 5.72. The van der Waals surface area contributed by atoms with Crippen molar-refractivity contribution in [2.75, 3.05) is 6.61 Å². The highest BCUT2D eigenvalue weighted by atomic mass is 79.9. The van der Waals surface area contributed by atoms with Gasteiger partial charge in [-0.05, 0) is 35.7 Å². The van der Waals surface area contributed by atoms with Crippen molar-refractivity contribution < 1.29 is 14.6 Å². The van der Waals surface area contributed by atoms with E-state index in [0.29, 0.717) is 16.9 Å². The van der Waals surface area contributed by atoms with E-state index in [1.807, 2.05) is 6.92 Å². The summed E-state index contributed by atoms with van der Waals surface area (Å²) in [7, 11) is 0. The number of carbonyl (C=O) groups is 1. The Bertz CT molecular complexity index is 430. The van der Waals surface area contributed by atoms with E-state index in [4.69, 9.17) is 9.84 Å². The Hall–Kier alpha value is -1.01. The molecule has 2 heterocycles. The zero-order chi connectivity index (χ0) is 11.8. The van der Waals surface area contributed by atoms with Crippen LogP contribution >= 0.6 is 15.9 Å². The minimum absolute atomic E-state index is 0.0262. The van der Waals surface area contributed by atoms with Crippen LogP contribution < -0.4 is 0 Å². The number of ether oxygens (including phenoxy) is 1. The van der Waals surface area contributed by atoms with Crippen molar-refractivity contribution in [3.8, 4) is 0 Å². The molecule has 0 bridgehead atoms. The Morgan fingerprint density at radius 3 is 3.00 bits per heavy atom. The largest absolute Gasteiger partial charge is 0.476 e. The van der Waals surface area contributed by atoms with Crippen molar-refractivity contribution in [3.63, 3.8) is 0 Å². The highest BCUT2D eigenvalue weighted by molar-refractivity contribution is 9.10. The monoisotopic (exact) mass is 286 g/mol. The fraction of sp³-hybridized carbons (Fsp3) is 0.500. The van der Waals surface area contributed by atoms with E-state index < -0.39 is 11.6 Å². The second-order valence-corrected chi connectivity index (χ2v) is 4.73. The molecule has 0 radical (unpaired) electrons. The van der Waals surface area contributed by atoms with Gasteiger partial charge in [-0.1, -0.05) is 0 Å². The lowest BCUT2D eigenvalue weighted by Gasteiger charge is -2.21. The number of hydrogen-bond donors (Lipinski definition) is 1. The van der Waals surface area contributed by atoms with Crippen LogP contribution in [0.3, 0.4) is 0 Å². The Balaban J connectivity index is 2.43. The molecule has 0 aliphatic carbocycles. The minimum atomic E-state index is -1.07. The van der Waals surface area contributed by atoms with Crippen LogP contribution in [0.15, 0.2) is 10.7 Å². The molecule has 1 atom stereocenters. The first-order valence-electron chi connectivity index (χ1n) is 4.93. The van der Waals surface area contributed by atoms with Gasteiger partial charge in [0.1, 0.15) is 5.60 Å². The average molecular weight is 287 g/mol. The van der Waals surface area contributed by atoms with Crippen molar-refractivity contribution in [2.45, 2.75) is 25.4 Å². The zero-order valence-corrected chi connectivity index (χ0v) is 10.3. The van der Waals surface area contributed by atoms with Crippen LogP contribution in [-0.4, -0.2) is 27.7 Å². The van der Waals surface area contributed by atoms with Gasteiger partial charge in [-0.2, -0.15) is 0 Å². The van der Waals surface area contributed by atoms with Crippen LogP contribution in [0.4, 0.5) is 0 Å². The predicted molar refractivity (Wildman–Crippen MR) is 59.2 cm³/mol. The highest BCUT2D eigenvalue weighted by Crippen LogP contribution is 2.33. The first-order chi connectivity index (χ1) is 7.53. The van der Waals surface area contributed by atoms with Crippen LogP contribution in [0, 0.1) is 0 Å². The molecule has 0 saturated carbocycles. The van der Waals surface area contributed by atoms with E-state index in [0.717, 1.165) is 12.8 Å². The molecule has 1 fully saturated rings. The topological polar surface area (TPSA) is 72.3 Å². The summed E-state index contributed by atoms with van der Waals surface area (Å²) in [5.41, 5.74) is -0.577. The maximum absolute atomic E-state index is 10.9. The molecular formula is C10H11BrN2O3. The number of hydrogen-bond acceptors (Lipinski definition) is 4. The van der Waals surface area contributed by atoms with Gasteiger partial charge in [-0.25, -0.2) is 14.8 Å². The minimum Gasteiger partial charge on any atom is -0.476 e. The summed E-state index contributed by atoms with van der Waals surface area (Å²) in [6.07, 6.45) is 3.21. The molecule has 0 spiro atoms. The summed E-state index contributed by atoms with van der Waals surface area (Å²) in [5.74, 6) is -0.636. The molecule has 1 saturated heterocycles. The maximum Gasteiger partial charge on any atom is 0.355 e. The quantitative estimate of drug-likeness (QED) is 0.900. The summed E-state index contributed by atoms with van der Waals surface area (Å²) < 4.78 is 5.95. The van der Waals surface area contributed by atoms with E-state index in [-0.39, 0.29) is 5.69 Å². The lowest BCUT2D eigenvalue weighted by molar-refractivity contribution is 0.00904. The van der Waals surface area contributed by atoms with Gasteiger partial charge in [0.05, 0.1) is 4.47 Å². The zero-order valence-electron chi connectivity index (χ0n) is 8.73. The lowest BCUT2D eigenvalue weighted by Crippen LogP contribution is -2.24. The molecule has 2 rings (SSSR count). The SMILES string of the molecule is CC1(c2ncc(Br)c(C(=O)O)n2)CCCO1. The van der Waals surface area contributed by atoms with E-state index in [1.165, 1.54) is 6.20 Å². The van der Waals surface area contributed by atoms with Crippen LogP contribution in [0.2, 0.25) is 0 Å².